The van der Waals surface area contributed by atoms with E-state index in [-0.39, 0.29) is 11.5 Å². The van der Waals surface area contributed by atoms with Crippen LogP contribution in [0.25, 0.3) is 0 Å². The van der Waals surface area contributed by atoms with Crippen LogP contribution in [0, 0.1) is 5.41 Å². The highest BCUT2D eigenvalue weighted by Gasteiger charge is 2.21. The van der Waals surface area contributed by atoms with Gasteiger partial charge < -0.3 is 10.5 Å². The number of nitrogens with two attached hydrogens (primary N) is 1. The van der Waals surface area contributed by atoms with Crippen LogP contribution >= 0.6 is 11.8 Å². The van der Waals surface area contributed by atoms with E-state index in [0.717, 1.165) is 18.1 Å². The zero-order valence-corrected chi connectivity index (χ0v) is 10.4. The lowest BCUT2D eigenvalue weighted by Crippen LogP contribution is -2.37. The highest BCUT2D eigenvalue weighted by molar-refractivity contribution is 7.99. The van der Waals surface area contributed by atoms with E-state index in [1.54, 1.807) is 0 Å². The van der Waals surface area contributed by atoms with Gasteiger partial charge in [-0.3, -0.25) is 0 Å². The Hall–Kier alpha value is 0.270. The van der Waals surface area contributed by atoms with E-state index >= 15 is 0 Å². The molecule has 0 saturated carbocycles. The fourth-order valence-electron chi connectivity index (χ4n) is 1.35. The van der Waals surface area contributed by atoms with E-state index in [2.05, 4.69) is 20.8 Å². The Morgan fingerprint density at radius 1 is 1.50 bits per heavy atom. The van der Waals surface area contributed by atoms with E-state index < -0.39 is 0 Å². The summed E-state index contributed by atoms with van der Waals surface area (Å²) < 4.78 is 5.56. The van der Waals surface area contributed by atoms with Crippen molar-refractivity contribution in [2.24, 2.45) is 11.1 Å². The maximum Gasteiger partial charge on any atom is 0.0666 e. The van der Waals surface area contributed by atoms with Crippen LogP contribution in [-0.2, 0) is 4.74 Å². The standard InChI is InChI=1S/C11H23NOS/c1-11(2,3)10(12)8-14-7-9-5-4-6-13-9/h9-10H,4-8,12H2,1-3H3. The first-order valence-electron chi connectivity index (χ1n) is 5.45. The summed E-state index contributed by atoms with van der Waals surface area (Å²) in [5.41, 5.74) is 6.30. The van der Waals surface area contributed by atoms with Gasteiger partial charge in [-0.25, -0.2) is 0 Å². The second-order valence-corrected chi connectivity index (χ2v) is 6.22. The lowest BCUT2D eigenvalue weighted by atomic mass is 9.89. The van der Waals surface area contributed by atoms with E-state index in [1.807, 2.05) is 11.8 Å². The average Bonchev–Trinajstić information content (AvgIpc) is 2.55. The van der Waals surface area contributed by atoms with Crippen molar-refractivity contribution >= 4 is 11.8 Å². The molecule has 1 fully saturated rings. The molecule has 1 aliphatic heterocycles. The van der Waals surface area contributed by atoms with Gasteiger partial charge in [-0.1, -0.05) is 20.8 Å². The predicted octanol–water partition coefficient (Wildman–Crippen LogP) is 2.27. The third-order valence-electron chi connectivity index (χ3n) is 2.74. The molecule has 1 aliphatic rings. The van der Waals surface area contributed by atoms with Gasteiger partial charge >= 0.3 is 0 Å². The first kappa shape index (κ1) is 12.3. The van der Waals surface area contributed by atoms with E-state index in [9.17, 15) is 0 Å². The normalized spacial score (nSPS) is 25.3. The van der Waals surface area contributed by atoms with Gasteiger partial charge in [-0.2, -0.15) is 11.8 Å². The average molecular weight is 217 g/mol. The molecule has 84 valence electrons. The molecule has 2 N–H and O–H groups in total. The first-order valence-corrected chi connectivity index (χ1v) is 6.60. The minimum Gasteiger partial charge on any atom is -0.377 e. The molecular formula is C11H23NOS. The minimum atomic E-state index is 0.226. The summed E-state index contributed by atoms with van der Waals surface area (Å²) in [6.45, 7) is 7.55. The van der Waals surface area contributed by atoms with Gasteiger partial charge in [0.2, 0.25) is 0 Å². The van der Waals surface area contributed by atoms with Crippen molar-refractivity contribution in [2.45, 2.75) is 45.8 Å². The Balaban J connectivity index is 2.08. The molecule has 0 bridgehead atoms. The largest absolute Gasteiger partial charge is 0.377 e. The van der Waals surface area contributed by atoms with Gasteiger partial charge in [0.1, 0.15) is 0 Å². The first-order chi connectivity index (χ1) is 6.50. The van der Waals surface area contributed by atoms with Crippen molar-refractivity contribution in [3.63, 3.8) is 0 Å². The third kappa shape index (κ3) is 4.20. The molecule has 1 rings (SSSR count). The molecule has 1 saturated heterocycles. The predicted molar refractivity (Wildman–Crippen MR) is 63.7 cm³/mol. The zero-order chi connectivity index (χ0) is 10.6. The van der Waals surface area contributed by atoms with Crippen LogP contribution in [0.3, 0.4) is 0 Å². The van der Waals surface area contributed by atoms with Crippen LogP contribution < -0.4 is 5.73 Å². The highest BCUT2D eigenvalue weighted by Crippen LogP contribution is 2.23. The monoisotopic (exact) mass is 217 g/mol. The van der Waals surface area contributed by atoms with Gasteiger partial charge in [-0.05, 0) is 18.3 Å². The van der Waals surface area contributed by atoms with E-state index in [4.69, 9.17) is 10.5 Å². The minimum absolute atomic E-state index is 0.226. The summed E-state index contributed by atoms with van der Waals surface area (Å²) in [5.74, 6) is 2.16. The Bertz CT molecular complexity index is 161. The molecule has 0 aromatic rings. The van der Waals surface area contributed by atoms with Crippen LogP contribution in [0.4, 0.5) is 0 Å². The Labute approximate surface area is 92.0 Å². The summed E-state index contributed by atoms with van der Waals surface area (Å²) >= 11 is 1.94. The second kappa shape index (κ2) is 5.38. The quantitative estimate of drug-likeness (QED) is 0.784. The van der Waals surface area contributed by atoms with Crippen LogP contribution in [0.2, 0.25) is 0 Å². The molecule has 0 aromatic carbocycles. The van der Waals surface area contributed by atoms with Crippen molar-refractivity contribution in [1.82, 2.24) is 0 Å². The van der Waals surface area contributed by atoms with Gasteiger partial charge in [0.05, 0.1) is 6.10 Å². The molecular weight excluding hydrogens is 194 g/mol. The molecule has 1 heterocycles. The summed E-state index contributed by atoms with van der Waals surface area (Å²) in [4.78, 5) is 0. The topological polar surface area (TPSA) is 35.2 Å². The van der Waals surface area contributed by atoms with Gasteiger partial charge in [0.15, 0.2) is 0 Å². The van der Waals surface area contributed by atoms with Gasteiger partial charge in [-0.15, -0.1) is 0 Å². The number of thioether (sulfide) groups is 1. The zero-order valence-electron chi connectivity index (χ0n) is 9.58. The van der Waals surface area contributed by atoms with Crippen molar-refractivity contribution in [2.75, 3.05) is 18.1 Å². The van der Waals surface area contributed by atoms with E-state index in [1.165, 1.54) is 12.8 Å². The van der Waals surface area contributed by atoms with Gasteiger partial charge in [0.25, 0.3) is 0 Å². The molecule has 14 heavy (non-hydrogen) atoms. The van der Waals surface area contributed by atoms with Gasteiger partial charge in [0, 0.05) is 24.2 Å². The summed E-state index contributed by atoms with van der Waals surface area (Å²) in [6.07, 6.45) is 2.96. The number of hydrogen-bond acceptors (Lipinski definition) is 3. The third-order valence-corrected chi connectivity index (χ3v) is 3.94. The van der Waals surface area contributed by atoms with Crippen molar-refractivity contribution in [3.05, 3.63) is 0 Å². The van der Waals surface area contributed by atoms with Crippen molar-refractivity contribution in [1.29, 1.82) is 0 Å². The highest BCUT2D eigenvalue weighted by atomic mass is 32.2. The summed E-state index contributed by atoms with van der Waals surface area (Å²) in [6, 6.07) is 0.286. The van der Waals surface area contributed by atoms with Crippen LogP contribution in [0.1, 0.15) is 33.6 Å². The molecule has 0 radical (unpaired) electrons. The molecule has 2 nitrogen and oxygen atoms in total. The maximum absolute atomic E-state index is 6.07. The number of ether oxygens (including phenoxy) is 1. The van der Waals surface area contributed by atoms with Crippen LogP contribution in [0.15, 0.2) is 0 Å². The summed E-state index contributed by atoms with van der Waals surface area (Å²) in [5, 5.41) is 0. The second-order valence-electron chi connectivity index (χ2n) is 5.15. The lowest BCUT2D eigenvalue weighted by Gasteiger charge is -2.26. The molecule has 3 heteroatoms. The fraction of sp³-hybridized carbons (Fsp3) is 1.00. The van der Waals surface area contributed by atoms with Crippen LogP contribution in [-0.4, -0.2) is 30.3 Å². The summed E-state index contributed by atoms with van der Waals surface area (Å²) in [7, 11) is 0. The molecule has 2 atom stereocenters. The number of rotatable bonds is 4. The fourth-order valence-corrected chi connectivity index (χ4v) is 2.77. The molecule has 0 amide bonds. The Kier molecular flexibility index (Phi) is 4.74. The Morgan fingerprint density at radius 3 is 2.71 bits per heavy atom. The van der Waals surface area contributed by atoms with Crippen molar-refractivity contribution < 1.29 is 4.74 Å². The molecule has 2 unspecified atom stereocenters. The molecule has 0 aliphatic carbocycles. The molecule has 0 aromatic heterocycles. The Morgan fingerprint density at radius 2 is 2.21 bits per heavy atom. The molecule has 0 spiro atoms. The van der Waals surface area contributed by atoms with Crippen molar-refractivity contribution in [3.8, 4) is 0 Å². The van der Waals surface area contributed by atoms with E-state index in [0.29, 0.717) is 6.10 Å². The van der Waals surface area contributed by atoms with Crippen LogP contribution in [0.5, 0.6) is 0 Å². The number of hydrogen-bond donors (Lipinski definition) is 1. The smallest absolute Gasteiger partial charge is 0.0666 e. The maximum atomic E-state index is 6.07. The lowest BCUT2D eigenvalue weighted by molar-refractivity contribution is 0.129. The SMILES string of the molecule is CC(C)(C)C(N)CSCC1CCCO1.